The van der Waals surface area contributed by atoms with E-state index in [4.69, 9.17) is 0 Å². The van der Waals surface area contributed by atoms with Gasteiger partial charge >= 0.3 is 6.03 Å². The summed E-state index contributed by atoms with van der Waals surface area (Å²) in [5, 5.41) is 15.1. The highest BCUT2D eigenvalue weighted by molar-refractivity contribution is 5.89. The van der Waals surface area contributed by atoms with Crippen LogP contribution in [-0.4, -0.2) is 6.03 Å². The quantitative estimate of drug-likeness (QED) is 0.813. The summed E-state index contributed by atoms with van der Waals surface area (Å²) >= 11 is 0. The van der Waals surface area contributed by atoms with Gasteiger partial charge in [-0.3, -0.25) is 0 Å². The maximum absolute atomic E-state index is 12.4. The molecular formula is C21H25N3O. The Balaban J connectivity index is 2.08. The minimum Gasteiger partial charge on any atom is -0.329 e. The molecule has 0 aliphatic carbocycles. The van der Waals surface area contributed by atoms with Gasteiger partial charge in [-0.25, -0.2) is 4.79 Å². The second-order valence-electron chi connectivity index (χ2n) is 6.94. The number of anilines is 1. The molecule has 4 heteroatoms. The summed E-state index contributed by atoms with van der Waals surface area (Å²) in [5.41, 5.74) is 1.70. The second kappa shape index (κ2) is 7.40. The van der Waals surface area contributed by atoms with Gasteiger partial charge < -0.3 is 10.6 Å². The molecule has 4 nitrogen and oxygen atoms in total. The molecule has 2 aromatic carbocycles. The lowest BCUT2D eigenvalue weighted by Gasteiger charge is -2.30. The summed E-state index contributed by atoms with van der Waals surface area (Å²) in [4.78, 5) is 12.4. The summed E-state index contributed by atoms with van der Waals surface area (Å²) in [7, 11) is 0. The topological polar surface area (TPSA) is 64.9 Å². The Kier molecular flexibility index (Phi) is 5.48. The van der Waals surface area contributed by atoms with Gasteiger partial charge in [0, 0.05) is 5.69 Å². The fourth-order valence-corrected chi connectivity index (χ4v) is 2.62. The van der Waals surface area contributed by atoms with Crippen molar-refractivity contribution in [2.45, 2.75) is 45.1 Å². The van der Waals surface area contributed by atoms with Crippen molar-refractivity contribution in [3.8, 4) is 6.07 Å². The van der Waals surface area contributed by atoms with Crippen molar-refractivity contribution in [3.63, 3.8) is 0 Å². The summed E-state index contributed by atoms with van der Waals surface area (Å²) in [6, 6.07) is 19.3. The van der Waals surface area contributed by atoms with Crippen molar-refractivity contribution in [2.24, 2.45) is 0 Å². The van der Waals surface area contributed by atoms with Gasteiger partial charge in [0.05, 0.1) is 17.0 Å². The minimum atomic E-state index is -0.547. The zero-order chi connectivity index (χ0) is 18.5. The van der Waals surface area contributed by atoms with E-state index in [2.05, 4.69) is 16.7 Å². The van der Waals surface area contributed by atoms with Gasteiger partial charge in [-0.2, -0.15) is 5.26 Å². The van der Waals surface area contributed by atoms with Gasteiger partial charge in [0.1, 0.15) is 0 Å². The van der Waals surface area contributed by atoms with Crippen LogP contribution in [0.15, 0.2) is 54.6 Å². The van der Waals surface area contributed by atoms with E-state index in [1.165, 1.54) is 0 Å². The first-order chi connectivity index (χ1) is 11.8. The van der Waals surface area contributed by atoms with E-state index in [9.17, 15) is 10.1 Å². The van der Waals surface area contributed by atoms with Crippen LogP contribution in [0.25, 0.3) is 0 Å². The molecule has 0 saturated carbocycles. The molecule has 0 aliphatic rings. The van der Waals surface area contributed by atoms with E-state index >= 15 is 0 Å². The second-order valence-corrected chi connectivity index (χ2v) is 6.94. The van der Waals surface area contributed by atoms with Crippen LogP contribution in [0.3, 0.4) is 0 Å². The van der Waals surface area contributed by atoms with Crippen LogP contribution in [0.5, 0.6) is 0 Å². The minimum absolute atomic E-state index is 0.250. The predicted octanol–water partition coefficient (Wildman–Crippen LogP) is 4.93. The standard InChI is InChI=1S/C21H25N3O/c1-5-21(4,17-9-7-6-8-10-17)24-19(25)23-18-13-11-16(12-14-18)20(2,3)15-22/h6-14H,5H2,1-4H3,(H2,23,24,25). The molecule has 130 valence electrons. The van der Waals surface area contributed by atoms with Gasteiger partial charge in [0.15, 0.2) is 0 Å². The number of carbonyl (C=O) groups excluding carboxylic acids is 1. The number of nitriles is 1. The summed E-state index contributed by atoms with van der Waals surface area (Å²) in [6.45, 7) is 7.80. The van der Waals surface area contributed by atoms with Crippen molar-refractivity contribution in [3.05, 3.63) is 65.7 Å². The van der Waals surface area contributed by atoms with E-state index in [0.717, 1.165) is 17.5 Å². The number of benzene rings is 2. The number of hydrogen-bond donors (Lipinski definition) is 2. The normalized spacial score (nSPS) is 13.4. The number of carbonyl (C=O) groups is 1. The number of nitrogens with zero attached hydrogens (tertiary/aromatic N) is 1. The van der Waals surface area contributed by atoms with E-state index in [0.29, 0.717) is 5.69 Å². The molecule has 2 N–H and O–H groups in total. The first-order valence-electron chi connectivity index (χ1n) is 8.47. The number of nitrogens with one attached hydrogen (secondary N) is 2. The monoisotopic (exact) mass is 335 g/mol. The van der Waals surface area contributed by atoms with Gasteiger partial charge in [-0.15, -0.1) is 0 Å². The molecule has 1 unspecified atom stereocenters. The zero-order valence-corrected chi connectivity index (χ0v) is 15.3. The highest BCUT2D eigenvalue weighted by Gasteiger charge is 2.26. The molecule has 0 spiro atoms. The molecule has 0 heterocycles. The van der Waals surface area contributed by atoms with E-state index in [1.807, 2.05) is 82.3 Å². The number of amides is 2. The Hall–Kier alpha value is -2.80. The van der Waals surface area contributed by atoms with Crippen molar-refractivity contribution < 1.29 is 4.79 Å². The third-order valence-electron chi connectivity index (χ3n) is 4.65. The lowest BCUT2D eigenvalue weighted by atomic mass is 9.86. The molecule has 2 aromatic rings. The Bertz CT molecular complexity index is 760. The molecule has 2 rings (SSSR count). The third-order valence-corrected chi connectivity index (χ3v) is 4.65. The largest absolute Gasteiger partial charge is 0.329 e. The Morgan fingerprint density at radius 2 is 1.60 bits per heavy atom. The lowest BCUT2D eigenvalue weighted by Crippen LogP contribution is -2.45. The van der Waals surface area contributed by atoms with Crippen molar-refractivity contribution >= 4 is 11.7 Å². The van der Waals surface area contributed by atoms with Crippen LogP contribution in [0.4, 0.5) is 10.5 Å². The third kappa shape index (κ3) is 4.39. The molecular weight excluding hydrogens is 310 g/mol. The predicted molar refractivity (Wildman–Crippen MR) is 101 cm³/mol. The Morgan fingerprint density at radius 3 is 2.12 bits per heavy atom. The van der Waals surface area contributed by atoms with E-state index in [1.54, 1.807) is 0 Å². The summed E-state index contributed by atoms with van der Waals surface area (Å²) in [6.07, 6.45) is 0.778. The fourth-order valence-electron chi connectivity index (χ4n) is 2.62. The Morgan fingerprint density at radius 1 is 1.00 bits per heavy atom. The van der Waals surface area contributed by atoms with E-state index in [-0.39, 0.29) is 6.03 Å². The molecule has 2 amide bonds. The molecule has 0 aliphatic heterocycles. The van der Waals surface area contributed by atoms with Gasteiger partial charge in [0.25, 0.3) is 0 Å². The first-order valence-corrected chi connectivity index (χ1v) is 8.47. The fraction of sp³-hybridized carbons (Fsp3) is 0.333. The number of hydrogen-bond acceptors (Lipinski definition) is 2. The Labute approximate surface area is 149 Å². The van der Waals surface area contributed by atoms with Crippen molar-refractivity contribution in [1.29, 1.82) is 5.26 Å². The summed E-state index contributed by atoms with van der Waals surface area (Å²) in [5.74, 6) is 0. The molecule has 0 fully saturated rings. The molecule has 0 saturated heterocycles. The van der Waals surface area contributed by atoms with Crippen molar-refractivity contribution in [2.75, 3.05) is 5.32 Å². The number of rotatable bonds is 5. The van der Waals surface area contributed by atoms with Crippen LogP contribution >= 0.6 is 0 Å². The van der Waals surface area contributed by atoms with Crippen LogP contribution in [0, 0.1) is 11.3 Å². The highest BCUT2D eigenvalue weighted by Crippen LogP contribution is 2.25. The highest BCUT2D eigenvalue weighted by atomic mass is 16.2. The maximum atomic E-state index is 12.4. The van der Waals surface area contributed by atoms with Crippen LogP contribution in [-0.2, 0) is 11.0 Å². The number of urea groups is 1. The molecule has 0 bridgehead atoms. The average molecular weight is 335 g/mol. The SMILES string of the molecule is CCC(C)(NC(=O)Nc1ccc(C(C)(C)C#N)cc1)c1ccccc1. The lowest BCUT2D eigenvalue weighted by molar-refractivity contribution is 0.238. The molecule has 0 aromatic heterocycles. The van der Waals surface area contributed by atoms with Gasteiger partial charge in [-0.05, 0) is 50.5 Å². The average Bonchev–Trinajstić information content (AvgIpc) is 2.62. The van der Waals surface area contributed by atoms with Gasteiger partial charge in [-0.1, -0.05) is 49.4 Å². The van der Waals surface area contributed by atoms with Crippen LogP contribution < -0.4 is 10.6 Å². The van der Waals surface area contributed by atoms with E-state index < -0.39 is 11.0 Å². The first kappa shape index (κ1) is 18.5. The van der Waals surface area contributed by atoms with Crippen molar-refractivity contribution in [1.82, 2.24) is 5.32 Å². The maximum Gasteiger partial charge on any atom is 0.319 e. The molecule has 0 radical (unpaired) electrons. The van der Waals surface area contributed by atoms with Crippen LogP contribution in [0.2, 0.25) is 0 Å². The van der Waals surface area contributed by atoms with Gasteiger partial charge in [0.2, 0.25) is 0 Å². The molecule has 1 atom stereocenters. The smallest absolute Gasteiger partial charge is 0.319 e. The zero-order valence-electron chi connectivity index (χ0n) is 15.3. The summed E-state index contributed by atoms with van der Waals surface area (Å²) < 4.78 is 0. The van der Waals surface area contributed by atoms with Crippen LogP contribution in [0.1, 0.15) is 45.2 Å². The molecule has 25 heavy (non-hydrogen) atoms.